The maximum Gasteiger partial charge on any atom is 0.271 e. The summed E-state index contributed by atoms with van der Waals surface area (Å²) in [5.41, 5.74) is 0.444. The van der Waals surface area contributed by atoms with Crippen molar-refractivity contribution in [1.29, 1.82) is 0 Å². The topological polar surface area (TPSA) is 71.4 Å². The molecule has 0 aromatic heterocycles. The average Bonchev–Trinajstić information content (AvgIpc) is 2.87. The lowest BCUT2D eigenvalue weighted by Gasteiger charge is -2.18. The summed E-state index contributed by atoms with van der Waals surface area (Å²) in [6.45, 7) is 2.50. The van der Waals surface area contributed by atoms with Gasteiger partial charge in [0.2, 0.25) is 5.91 Å². The van der Waals surface area contributed by atoms with Crippen LogP contribution in [-0.2, 0) is 19.2 Å². The van der Waals surface area contributed by atoms with Crippen molar-refractivity contribution in [1.82, 2.24) is 9.80 Å². The molecule has 3 heterocycles. The van der Waals surface area contributed by atoms with E-state index in [2.05, 4.69) is 5.16 Å². The van der Waals surface area contributed by atoms with Crippen LogP contribution in [0, 0.1) is 23.7 Å². The highest BCUT2D eigenvalue weighted by Crippen LogP contribution is 2.52. The molecule has 0 aromatic rings. The molecule has 7 heteroatoms. The molecule has 4 rings (SSSR count). The number of hydrogen-bond acceptors (Lipinski definition) is 5. The zero-order chi connectivity index (χ0) is 14.7. The van der Waals surface area contributed by atoms with Gasteiger partial charge in [-0.1, -0.05) is 5.16 Å². The summed E-state index contributed by atoms with van der Waals surface area (Å²) in [5, 5.41) is 3.92. The van der Waals surface area contributed by atoms with E-state index in [9.17, 15) is 9.59 Å². The lowest BCUT2D eigenvalue weighted by molar-refractivity contribution is -0.133. The van der Waals surface area contributed by atoms with Crippen LogP contribution in [0.5, 0.6) is 0 Å². The minimum absolute atomic E-state index is 0.0845. The van der Waals surface area contributed by atoms with E-state index in [1.165, 1.54) is 4.90 Å². The summed E-state index contributed by atoms with van der Waals surface area (Å²) in [6.07, 6.45) is -0.164. The van der Waals surface area contributed by atoms with E-state index in [-0.39, 0.29) is 29.8 Å². The summed E-state index contributed by atoms with van der Waals surface area (Å²) >= 11 is 0. The van der Waals surface area contributed by atoms with Crippen molar-refractivity contribution in [3.05, 3.63) is 0 Å². The van der Waals surface area contributed by atoms with Gasteiger partial charge in [-0.05, 0) is 11.8 Å². The third-order valence-corrected chi connectivity index (χ3v) is 5.08. The van der Waals surface area contributed by atoms with Gasteiger partial charge in [-0.3, -0.25) is 9.59 Å². The average molecular weight is 293 g/mol. The van der Waals surface area contributed by atoms with Crippen LogP contribution in [0.25, 0.3) is 0 Å². The van der Waals surface area contributed by atoms with Crippen LogP contribution in [0.3, 0.4) is 0 Å². The SMILES string of the molecule is CN(C)C(=O)C1=NO[C@@H]2CN(C(=O)C3[C@H]4COC[C@@H]34)C[C@H]12. The fourth-order valence-electron chi connectivity index (χ4n) is 3.76. The lowest BCUT2D eigenvalue weighted by atomic mass is 10.00. The van der Waals surface area contributed by atoms with Crippen molar-refractivity contribution in [3.63, 3.8) is 0 Å². The van der Waals surface area contributed by atoms with Crippen LogP contribution >= 0.6 is 0 Å². The second-order valence-corrected chi connectivity index (χ2v) is 6.56. The standard InChI is InChI=1S/C14H19N3O4/c1-16(2)14(19)12-7-3-17(4-10(7)21-15-12)13(18)11-8-5-20-6-9(8)11/h7-11H,3-6H2,1-2H3/t7-,8-,9+,10+,11?/m0/s1. The van der Waals surface area contributed by atoms with E-state index in [0.717, 1.165) is 0 Å². The number of carbonyl (C=O) groups is 2. The van der Waals surface area contributed by atoms with Crippen molar-refractivity contribution in [2.45, 2.75) is 6.10 Å². The van der Waals surface area contributed by atoms with Crippen LogP contribution in [-0.4, -0.2) is 73.8 Å². The molecule has 0 radical (unpaired) electrons. The number of hydrogen-bond donors (Lipinski definition) is 0. The molecule has 4 aliphatic rings. The molecule has 1 saturated carbocycles. The first-order chi connectivity index (χ1) is 10.1. The van der Waals surface area contributed by atoms with Gasteiger partial charge in [-0.15, -0.1) is 0 Å². The summed E-state index contributed by atoms with van der Waals surface area (Å²) in [5.74, 6) is 0.934. The molecule has 3 aliphatic heterocycles. The van der Waals surface area contributed by atoms with E-state index in [1.807, 2.05) is 4.90 Å². The summed E-state index contributed by atoms with van der Waals surface area (Å²) in [4.78, 5) is 33.3. The van der Waals surface area contributed by atoms with E-state index in [0.29, 0.717) is 43.9 Å². The van der Waals surface area contributed by atoms with Gasteiger partial charge in [-0.25, -0.2) is 0 Å². The number of rotatable bonds is 2. The molecule has 114 valence electrons. The third kappa shape index (κ3) is 1.87. The monoisotopic (exact) mass is 293 g/mol. The van der Waals surface area contributed by atoms with Crippen LogP contribution in [0.15, 0.2) is 5.16 Å². The van der Waals surface area contributed by atoms with Crippen molar-refractivity contribution < 1.29 is 19.2 Å². The Hall–Kier alpha value is -1.63. The first kappa shape index (κ1) is 13.1. The quantitative estimate of drug-likeness (QED) is 0.667. The third-order valence-electron chi connectivity index (χ3n) is 5.08. The Morgan fingerprint density at radius 2 is 1.95 bits per heavy atom. The molecule has 0 bridgehead atoms. The number of oxime groups is 1. The zero-order valence-corrected chi connectivity index (χ0v) is 12.2. The molecule has 5 atom stereocenters. The van der Waals surface area contributed by atoms with Crippen molar-refractivity contribution in [3.8, 4) is 0 Å². The highest BCUT2D eigenvalue weighted by Gasteiger charge is 2.60. The Morgan fingerprint density at radius 1 is 1.24 bits per heavy atom. The normalized spacial score (nSPS) is 39.4. The number of amides is 2. The first-order valence-electron chi connectivity index (χ1n) is 7.40. The largest absolute Gasteiger partial charge is 0.389 e. The number of carbonyl (C=O) groups excluding carboxylic acids is 2. The maximum atomic E-state index is 12.5. The predicted octanol–water partition coefficient (Wildman–Crippen LogP) is -0.820. The van der Waals surface area contributed by atoms with Crippen LogP contribution < -0.4 is 0 Å². The summed E-state index contributed by atoms with van der Waals surface area (Å²) < 4.78 is 5.33. The van der Waals surface area contributed by atoms with Crippen LogP contribution in [0.4, 0.5) is 0 Å². The smallest absolute Gasteiger partial charge is 0.271 e. The zero-order valence-electron chi connectivity index (χ0n) is 12.2. The number of ether oxygens (including phenoxy) is 1. The van der Waals surface area contributed by atoms with Gasteiger partial charge in [0.15, 0.2) is 11.8 Å². The van der Waals surface area contributed by atoms with Gasteiger partial charge in [0.05, 0.1) is 25.7 Å². The number of fused-ring (bicyclic) bond motifs is 2. The first-order valence-corrected chi connectivity index (χ1v) is 7.40. The fraction of sp³-hybridized carbons (Fsp3) is 0.786. The molecule has 3 fully saturated rings. The second-order valence-electron chi connectivity index (χ2n) is 6.56. The summed E-state index contributed by atoms with van der Waals surface area (Å²) in [6, 6.07) is 0. The number of nitrogens with zero attached hydrogens (tertiary/aromatic N) is 3. The highest BCUT2D eigenvalue weighted by molar-refractivity contribution is 6.40. The predicted molar refractivity (Wildman–Crippen MR) is 72.4 cm³/mol. The van der Waals surface area contributed by atoms with Gasteiger partial charge in [0.1, 0.15) is 0 Å². The molecule has 2 amide bonds. The second kappa shape index (κ2) is 4.43. The molecule has 0 aromatic carbocycles. The Labute approximate surface area is 122 Å². The van der Waals surface area contributed by atoms with E-state index in [1.54, 1.807) is 14.1 Å². The fourth-order valence-corrected chi connectivity index (χ4v) is 3.76. The minimum Gasteiger partial charge on any atom is -0.389 e. The molecule has 21 heavy (non-hydrogen) atoms. The van der Waals surface area contributed by atoms with Gasteiger partial charge in [0, 0.05) is 26.6 Å². The summed E-state index contributed by atoms with van der Waals surface area (Å²) in [7, 11) is 3.39. The van der Waals surface area contributed by atoms with Gasteiger partial charge in [0.25, 0.3) is 5.91 Å². The van der Waals surface area contributed by atoms with Gasteiger partial charge < -0.3 is 19.4 Å². The Bertz CT molecular complexity index is 522. The van der Waals surface area contributed by atoms with Crippen molar-refractivity contribution in [2.75, 3.05) is 40.4 Å². The van der Waals surface area contributed by atoms with Crippen molar-refractivity contribution in [2.24, 2.45) is 28.8 Å². The molecule has 7 nitrogen and oxygen atoms in total. The van der Waals surface area contributed by atoms with E-state index < -0.39 is 0 Å². The van der Waals surface area contributed by atoms with E-state index in [4.69, 9.17) is 9.57 Å². The van der Waals surface area contributed by atoms with Crippen LogP contribution in [0.1, 0.15) is 0 Å². The van der Waals surface area contributed by atoms with Gasteiger partial charge >= 0.3 is 0 Å². The van der Waals surface area contributed by atoms with Crippen molar-refractivity contribution >= 4 is 17.5 Å². The number of likely N-dealkylation sites (tertiary alicyclic amines) is 1. The maximum absolute atomic E-state index is 12.5. The molecule has 1 aliphatic carbocycles. The Balaban J connectivity index is 1.43. The lowest BCUT2D eigenvalue weighted by Crippen LogP contribution is -2.37. The molecule has 0 N–H and O–H groups in total. The molecule has 2 saturated heterocycles. The molecular formula is C14H19N3O4. The Morgan fingerprint density at radius 3 is 2.62 bits per heavy atom. The minimum atomic E-state index is -0.164. The Kier molecular flexibility index (Phi) is 2.76. The highest BCUT2D eigenvalue weighted by atomic mass is 16.6. The molecular weight excluding hydrogens is 274 g/mol. The molecule has 1 unspecified atom stereocenters. The molecule has 0 spiro atoms. The van der Waals surface area contributed by atoms with Crippen LogP contribution in [0.2, 0.25) is 0 Å². The van der Waals surface area contributed by atoms with E-state index >= 15 is 0 Å². The van der Waals surface area contributed by atoms with Gasteiger partial charge in [-0.2, -0.15) is 0 Å².